The van der Waals surface area contributed by atoms with Crippen molar-refractivity contribution < 1.29 is 9.18 Å². The average Bonchev–Trinajstić information content (AvgIpc) is 3.02. The summed E-state index contributed by atoms with van der Waals surface area (Å²) >= 11 is 5.86. The fraction of sp³-hybridized carbons (Fsp3) is 0.412. The molecule has 3 rings (SSSR count). The van der Waals surface area contributed by atoms with Crippen LogP contribution in [-0.2, 0) is 6.54 Å². The van der Waals surface area contributed by atoms with E-state index in [4.69, 9.17) is 11.6 Å². The lowest BCUT2D eigenvalue weighted by molar-refractivity contribution is 0.0703. The highest BCUT2D eigenvalue weighted by molar-refractivity contribution is 6.31. The van der Waals surface area contributed by atoms with Crippen LogP contribution in [0.1, 0.15) is 41.9 Å². The van der Waals surface area contributed by atoms with Gasteiger partial charge in [0.1, 0.15) is 11.6 Å². The standard InChI is InChI=1S/C17H19ClFN3O/c1-2-21-7-5-20-16(21)12-4-3-6-22(11-12)17(23)13-8-14(18)10-15(19)9-13/h5,7-10,12H,2-4,6,11H2,1H3/t12-/m0/s1. The van der Waals surface area contributed by atoms with Gasteiger partial charge in [-0.15, -0.1) is 0 Å². The van der Waals surface area contributed by atoms with Crippen LogP contribution in [0.25, 0.3) is 0 Å². The summed E-state index contributed by atoms with van der Waals surface area (Å²) in [5.41, 5.74) is 0.300. The number of aromatic nitrogens is 2. The van der Waals surface area contributed by atoms with Crippen LogP contribution in [0.2, 0.25) is 5.02 Å². The van der Waals surface area contributed by atoms with Gasteiger partial charge in [-0.05, 0) is 38.0 Å². The summed E-state index contributed by atoms with van der Waals surface area (Å²) in [7, 11) is 0. The molecule has 0 bridgehead atoms. The van der Waals surface area contributed by atoms with Gasteiger partial charge in [0.15, 0.2) is 0 Å². The molecule has 0 radical (unpaired) electrons. The summed E-state index contributed by atoms with van der Waals surface area (Å²) in [4.78, 5) is 18.9. The molecule has 0 spiro atoms. The highest BCUT2D eigenvalue weighted by atomic mass is 35.5. The van der Waals surface area contributed by atoms with Gasteiger partial charge in [0.05, 0.1) is 0 Å². The maximum Gasteiger partial charge on any atom is 0.254 e. The maximum atomic E-state index is 13.5. The summed E-state index contributed by atoms with van der Waals surface area (Å²) in [5, 5.41) is 0.239. The first-order chi connectivity index (χ1) is 11.1. The Labute approximate surface area is 139 Å². The van der Waals surface area contributed by atoms with Crippen LogP contribution in [-0.4, -0.2) is 33.4 Å². The molecule has 23 heavy (non-hydrogen) atoms. The Morgan fingerprint density at radius 3 is 3.00 bits per heavy atom. The summed E-state index contributed by atoms with van der Waals surface area (Å²) in [6.07, 6.45) is 5.68. The van der Waals surface area contributed by atoms with Gasteiger partial charge < -0.3 is 9.47 Å². The van der Waals surface area contributed by atoms with Crippen LogP contribution < -0.4 is 0 Å². The van der Waals surface area contributed by atoms with Crippen LogP contribution in [0, 0.1) is 5.82 Å². The highest BCUT2D eigenvalue weighted by Gasteiger charge is 2.28. The third kappa shape index (κ3) is 3.39. The predicted molar refractivity (Wildman–Crippen MR) is 87.2 cm³/mol. The number of rotatable bonds is 3. The predicted octanol–water partition coefficient (Wildman–Crippen LogP) is 3.72. The monoisotopic (exact) mass is 335 g/mol. The number of likely N-dealkylation sites (tertiary alicyclic amines) is 1. The lowest BCUT2D eigenvalue weighted by Crippen LogP contribution is -2.39. The quantitative estimate of drug-likeness (QED) is 0.857. The number of hydrogen-bond acceptors (Lipinski definition) is 2. The van der Waals surface area contributed by atoms with E-state index in [2.05, 4.69) is 16.5 Å². The zero-order valence-corrected chi connectivity index (χ0v) is 13.8. The summed E-state index contributed by atoms with van der Waals surface area (Å²) in [5.74, 6) is 0.565. The van der Waals surface area contributed by atoms with Gasteiger partial charge in [-0.25, -0.2) is 9.37 Å². The molecule has 1 atom stereocenters. The third-order valence-corrected chi connectivity index (χ3v) is 4.49. The second kappa shape index (κ2) is 6.71. The van der Waals surface area contributed by atoms with Crippen molar-refractivity contribution in [3.63, 3.8) is 0 Å². The topological polar surface area (TPSA) is 38.1 Å². The van der Waals surface area contributed by atoms with E-state index in [-0.39, 0.29) is 16.8 Å². The molecular weight excluding hydrogens is 317 g/mol. The van der Waals surface area contributed by atoms with E-state index in [0.29, 0.717) is 18.7 Å². The molecule has 1 saturated heterocycles. The fourth-order valence-electron chi connectivity index (χ4n) is 3.18. The first-order valence-corrected chi connectivity index (χ1v) is 8.22. The number of carbonyl (C=O) groups is 1. The van der Waals surface area contributed by atoms with Crippen LogP contribution in [0.3, 0.4) is 0 Å². The number of halogens is 2. The van der Waals surface area contributed by atoms with Gasteiger partial charge in [-0.3, -0.25) is 4.79 Å². The number of nitrogens with zero attached hydrogens (tertiary/aromatic N) is 3. The lowest BCUT2D eigenvalue weighted by Gasteiger charge is -2.32. The smallest absolute Gasteiger partial charge is 0.254 e. The van der Waals surface area contributed by atoms with E-state index in [1.807, 2.05) is 6.20 Å². The minimum atomic E-state index is -0.490. The van der Waals surface area contributed by atoms with Crippen molar-refractivity contribution in [2.45, 2.75) is 32.2 Å². The number of benzene rings is 1. The number of piperidine rings is 1. The van der Waals surface area contributed by atoms with Crippen LogP contribution in [0.4, 0.5) is 4.39 Å². The molecular formula is C17H19ClFN3O. The summed E-state index contributed by atoms with van der Waals surface area (Å²) in [6.45, 7) is 4.21. The Kier molecular flexibility index (Phi) is 4.66. The van der Waals surface area contributed by atoms with E-state index < -0.39 is 5.82 Å². The molecule has 2 heterocycles. The minimum absolute atomic E-state index is 0.175. The fourth-order valence-corrected chi connectivity index (χ4v) is 3.40. The molecule has 0 aliphatic carbocycles. The molecule has 1 aromatic carbocycles. The van der Waals surface area contributed by atoms with Gasteiger partial charge in [-0.1, -0.05) is 11.6 Å². The first kappa shape index (κ1) is 16.0. The van der Waals surface area contributed by atoms with Crippen molar-refractivity contribution in [2.75, 3.05) is 13.1 Å². The number of imidazole rings is 1. The Balaban J connectivity index is 1.79. The molecule has 1 aliphatic rings. The normalized spacial score (nSPS) is 18.2. The van der Waals surface area contributed by atoms with E-state index in [1.54, 1.807) is 11.1 Å². The van der Waals surface area contributed by atoms with Crippen molar-refractivity contribution in [1.29, 1.82) is 0 Å². The zero-order valence-electron chi connectivity index (χ0n) is 13.0. The van der Waals surface area contributed by atoms with Crippen molar-refractivity contribution in [2.24, 2.45) is 0 Å². The molecule has 0 N–H and O–H groups in total. The molecule has 1 fully saturated rings. The maximum absolute atomic E-state index is 13.5. The minimum Gasteiger partial charge on any atom is -0.338 e. The first-order valence-electron chi connectivity index (χ1n) is 7.85. The van der Waals surface area contributed by atoms with Crippen molar-refractivity contribution in [3.05, 3.63) is 52.8 Å². The molecule has 2 aromatic rings. The largest absolute Gasteiger partial charge is 0.338 e. The molecule has 6 heteroatoms. The van der Waals surface area contributed by atoms with Gasteiger partial charge >= 0.3 is 0 Å². The Morgan fingerprint density at radius 2 is 2.26 bits per heavy atom. The second-order valence-electron chi connectivity index (χ2n) is 5.82. The number of hydrogen-bond donors (Lipinski definition) is 0. The molecule has 1 aliphatic heterocycles. The number of aryl methyl sites for hydroxylation is 1. The Hall–Kier alpha value is -1.88. The van der Waals surface area contributed by atoms with Gasteiger partial charge in [-0.2, -0.15) is 0 Å². The molecule has 0 saturated carbocycles. The van der Waals surface area contributed by atoms with Crippen LogP contribution in [0.5, 0.6) is 0 Å². The highest BCUT2D eigenvalue weighted by Crippen LogP contribution is 2.27. The molecule has 4 nitrogen and oxygen atoms in total. The Morgan fingerprint density at radius 1 is 1.43 bits per heavy atom. The molecule has 1 aromatic heterocycles. The lowest BCUT2D eigenvalue weighted by atomic mass is 9.96. The molecule has 122 valence electrons. The third-order valence-electron chi connectivity index (χ3n) is 4.27. The van der Waals surface area contributed by atoms with Crippen molar-refractivity contribution >= 4 is 17.5 Å². The average molecular weight is 336 g/mol. The van der Waals surface area contributed by atoms with Crippen molar-refractivity contribution in [3.8, 4) is 0 Å². The number of amides is 1. The van der Waals surface area contributed by atoms with E-state index in [0.717, 1.165) is 25.2 Å². The van der Waals surface area contributed by atoms with Gasteiger partial charge in [0, 0.05) is 48.5 Å². The SMILES string of the molecule is CCn1ccnc1[C@H]1CCCN(C(=O)c2cc(F)cc(Cl)c2)C1. The summed E-state index contributed by atoms with van der Waals surface area (Å²) in [6, 6.07) is 3.96. The summed E-state index contributed by atoms with van der Waals surface area (Å²) < 4.78 is 15.6. The number of carbonyl (C=O) groups excluding carboxylic acids is 1. The van der Waals surface area contributed by atoms with E-state index in [1.165, 1.54) is 18.2 Å². The van der Waals surface area contributed by atoms with Crippen LogP contribution in [0.15, 0.2) is 30.6 Å². The second-order valence-corrected chi connectivity index (χ2v) is 6.26. The molecule has 0 unspecified atom stereocenters. The van der Waals surface area contributed by atoms with Crippen molar-refractivity contribution in [1.82, 2.24) is 14.5 Å². The van der Waals surface area contributed by atoms with E-state index >= 15 is 0 Å². The van der Waals surface area contributed by atoms with Crippen LogP contribution >= 0.6 is 11.6 Å². The Bertz CT molecular complexity index is 695. The zero-order chi connectivity index (χ0) is 16.4. The van der Waals surface area contributed by atoms with Gasteiger partial charge in [0.2, 0.25) is 0 Å². The molecule has 1 amide bonds. The van der Waals surface area contributed by atoms with Gasteiger partial charge in [0.25, 0.3) is 5.91 Å². The van der Waals surface area contributed by atoms with E-state index in [9.17, 15) is 9.18 Å².